The van der Waals surface area contributed by atoms with Crippen molar-refractivity contribution < 1.29 is 9.47 Å². The minimum atomic E-state index is 0.436. The van der Waals surface area contributed by atoms with E-state index in [2.05, 4.69) is 19.9 Å². The van der Waals surface area contributed by atoms with Crippen LogP contribution in [-0.2, 0) is 0 Å². The van der Waals surface area contributed by atoms with Gasteiger partial charge in [0.05, 0.1) is 18.8 Å². The quantitative estimate of drug-likeness (QED) is 0.692. The number of thioether (sulfide) groups is 2. The number of rotatable bonds is 7. The highest BCUT2D eigenvalue weighted by atomic mass is 32.2. The standard InChI is InChI=1S/C13H20O2S2/c1-5-16-13(17-6-2)11-8-7-10(14-3)9-12(11)15-4/h7-9,13H,5-6H2,1-4H3. The molecule has 0 saturated carbocycles. The SMILES string of the molecule is CCSC(SCC)c1ccc(OC)cc1OC. The van der Waals surface area contributed by atoms with Crippen LogP contribution in [0.1, 0.15) is 24.0 Å². The third-order valence-electron chi connectivity index (χ3n) is 2.33. The molecule has 0 unspecified atom stereocenters. The first-order valence-electron chi connectivity index (χ1n) is 5.71. The summed E-state index contributed by atoms with van der Waals surface area (Å²) in [6.45, 7) is 4.37. The van der Waals surface area contributed by atoms with Crippen LogP contribution < -0.4 is 9.47 Å². The smallest absolute Gasteiger partial charge is 0.127 e. The molecule has 0 aliphatic heterocycles. The molecule has 17 heavy (non-hydrogen) atoms. The minimum absolute atomic E-state index is 0.436. The predicted octanol–water partition coefficient (Wildman–Crippen LogP) is 4.21. The molecule has 0 atom stereocenters. The van der Waals surface area contributed by atoms with Gasteiger partial charge in [0.15, 0.2) is 0 Å². The van der Waals surface area contributed by atoms with E-state index in [1.165, 1.54) is 5.56 Å². The van der Waals surface area contributed by atoms with Gasteiger partial charge in [-0.2, -0.15) is 0 Å². The van der Waals surface area contributed by atoms with E-state index in [4.69, 9.17) is 9.47 Å². The third-order valence-corrected chi connectivity index (χ3v) is 4.93. The molecule has 0 aliphatic rings. The third kappa shape index (κ3) is 4.03. The van der Waals surface area contributed by atoms with E-state index < -0.39 is 0 Å². The number of hydrogen-bond donors (Lipinski definition) is 0. The predicted molar refractivity (Wildman–Crippen MR) is 78.6 cm³/mol. The lowest BCUT2D eigenvalue weighted by atomic mass is 10.2. The number of benzene rings is 1. The van der Waals surface area contributed by atoms with Crippen molar-refractivity contribution in [2.24, 2.45) is 0 Å². The Labute approximate surface area is 112 Å². The van der Waals surface area contributed by atoms with Crippen molar-refractivity contribution in [3.8, 4) is 11.5 Å². The maximum atomic E-state index is 5.45. The zero-order valence-corrected chi connectivity index (χ0v) is 12.5. The van der Waals surface area contributed by atoms with Crippen molar-refractivity contribution in [3.05, 3.63) is 23.8 Å². The molecule has 0 amide bonds. The van der Waals surface area contributed by atoms with E-state index >= 15 is 0 Å². The molecule has 4 heteroatoms. The average molecular weight is 272 g/mol. The van der Waals surface area contributed by atoms with E-state index in [1.54, 1.807) is 14.2 Å². The van der Waals surface area contributed by atoms with Crippen LogP contribution in [0.5, 0.6) is 11.5 Å². The van der Waals surface area contributed by atoms with E-state index in [-0.39, 0.29) is 0 Å². The molecule has 0 fully saturated rings. The summed E-state index contributed by atoms with van der Waals surface area (Å²) >= 11 is 3.88. The Morgan fingerprint density at radius 2 is 1.71 bits per heavy atom. The molecule has 1 aromatic rings. The molecule has 0 aliphatic carbocycles. The topological polar surface area (TPSA) is 18.5 Å². The highest BCUT2D eigenvalue weighted by Crippen LogP contribution is 2.44. The van der Waals surface area contributed by atoms with Gasteiger partial charge in [-0.1, -0.05) is 13.8 Å². The number of hydrogen-bond acceptors (Lipinski definition) is 4. The summed E-state index contributed by atoms with van der Waals surface area (Å²) < 4.78 is 11.1. The van der Waals surface area contributed by atoms with Crippen molar-refractivity contribution >= 4 is 23.5 Å². The monoisotopic (exact) mass is 272 g/mol. The number of ether oxygens (including phenoxy) is 2. The normalized spacial score (nSPS) is 10.6. The summed E-state index contributed by atoms with van der Waals surface area (Å²) in [6, 6.07) is 6.06. The molecule has 0 N–H and O–H groups in total. The summed E-state index contributed by atoms with van der Waals surface area (Å²) in [5.41, 5.74) is 1.24. The first kappa shape index (κ1) is 14.6. The first-order chi connectivity index (χ1) is 8.26. The molecule has 0 radical (unpaired) electrons. The molecule has 0 aromatic heterocycles. The van der Waals surface area contributed by atoms with Crippen LogP contribution in [0.4, 0.5) is 0 Å². The number of methoxy groups -OCH3 is 2. The molecule has 1 rings (SSSR count). The van der Waals surface area contributed by atoms with Crippen molar-refractivity contribution in [2.75, 3.05) is 25.7 Å². The molecule has 1 aromatic carbocycles. The zero-order chi connectivity index (χ0) is 12.7. The largest absolute Gasteiger partial charge is 0.497 e. The maximum absolute atomic E-state index is 5.45. The lowest BCUT2D eigenvalue weighted by Gasteiger charge is -2.18. The van der Waals surface area contributed by atoms with Crippen LogP contribution in [0.15, 0.2) is 18.2 Å². The molecule has 0 spiro atoms. The Hall–Kier alpha value is -0.480. The van der Waals surface area contributed by atoms with Gasteiger partial charge in [-0.15, -0.1) is 23.5 Å². The van der Waals surface area contributed by atoms with Crippen LogP contribution in [0.25, 0.3) is 0 Å². The minimum Gasteiger partial charge on any atom is -0.497 e. The van der Waals surface area contributed by atoms with E-state index in [1.807, 2.05) is 35.7 Å². The van der Waals surface area contributed by atoms with E-state index in [0.29, 0.717) is 4.58 Å². The van der Waals surface area contributed by atoms with Gasteiger partial charge >= 0.3 is 0 Å². The lowest BCUT2D eigenvalue weighted by Crippen LogP contribution is -1.97. The Balaban J connectivity index is 2.99. The van der Waals surface area contributed by atoms with Crippen molar-refractivity contribution in [1.82, 2.24) is 0 Å². The second kappa shape index (κ2) is 7.77. The molecule has 96 valence electrons. The van der Waals surface area contributed by atoms with Crippen LogP contribution in [0, 0.1) is 0 Å². The Kier molecular flexibility index (Phi) is 6.66. The fraction of sp³-hybridized carbons (Fsp3) is 0.538. The molecule has 0 heterocycles. The molecule has 0 bridgehead atoms. The average Bonchev–Trinajstić information content (AvgIpc) is 2.37. The fourth-order valence-electron chi connectivity index (χ4n) is 1.54. The van der Waals surface area contributed by atoms with Crippen LogP contribution in [0.2, 0.25) is 0 Å². The van der Waals surface area contributed by atoms with Crippen LogP contribution in [0.3, 0.4) is 0 Å². The van der Waals surface area contributed by atoms with Crippen molar-refractivity contribution in [1.29, 1.82) is 0 Å². The van der Waals surface area contributed by atoms with Gasteiger partial charge < -0.3 is 9.47 Å². The summed E-state index contributed by atoms with van der Waals surface area (Å²) in [4.78, 5) is 0. The summed E-state index contributed by atoms with van der Waals surface area (Å²) in [6.07, 6.45) is 0. The lowest BCUT2D eigenvalue weighted by molar-refractivity contribution is 0.392. The highest BCUT2D eigenvalue weighted by molar-refractivity contribution is 8.16. The fourth-order valence-corrected chi connectivity index (χ4v) is 4.10. The van der Waals surface area contributed by atoms with Crippen LogP contribution >= 0.6 is 23.5 Å². The zero-order valence-electron chi connectivity index (χ0n) is 10.9. The van der Waals surface area contributed by atoms with E-state index in [9.17, 15) is 0 Å². The van der Waals surface area contributed by atoms with Gasteiger partial charge in [0, 0.05) is 11.6 Å². The summed E-state index contributed by atoms with van der Waals surface area (Å²) in [5.74, 6) is 3.96. The Morgan fingerprint density at radius 3 is 2.18 bits per heavy atom. The first-order valence-corrected chi connectivity index (χ1v) is 7.81. The van der Waals surface area contributed by atoms with Crippen molar-refractivity contribution in [2.45, 2.75) is 18.4 Å². The van der Waals surface area contributed by atoms with Crippen molar-refractivity contribution in [3.63, 3.8) is 0 Å². The van der Waals surface area contributed by atoms with Gasteiger partial charge in [0.25, 0.3) is 0 Å². The second-order valence-corrected chi connectivity index (χ2v) is 6.41. The Bertz CT molecular complexity index is 336. The molecule has 0 saturated heterocycles. The molecule has 2 nitrogen and oxygen atoms in total. The summed E-state index contributed by atoms with van der Waals surface area (Å²) in [7, 11) is 3.38. The van der Waals surface area contributed by atoms with Gasteiger partial charge in [-0.25, -0.2) is 0 Å². The summed E-state index contributed by atoms with van der Waals surface area (Å²) in [5, 5.41) is 0. The maximum Gasteiger partial charge on any atom is 0.127 e. The van der Waals surface area contributed by atoms with Gasteiger partial charge in [-0.3, -0.25) is 0 Å². The highest BCUT2D eigenvalue weighted by Gasteiger charge is 2.16. The molecular formula is C13H20O2S2. The van der Waals surface area contributed by atoms with Gasteiger partial charge in [0.1, 0.15) is 11.5 Å². The second-order valence-electron chi connectivity index (χ2n) is 3.35. The molecular weight excluding hydrogens is 252 g/mol. The van der Waals surface area contributed by atoms with Gasteiger partial charge in [-0.05, 0) is 23.6 Å². The van der Waals surface area contributed by atoms with Crippen LogP contribution in [-0.4, -0.2) is 25.7 Å². The van der Waals surface area contributed by atoms with E-state index in [0.717, 1.165) is 23.0 Å². The van der Waals surface area contributed by atoms with Gasteiger partial charge in [0.2, 0.25) is 0 Å². The Morgan fingerprint density at radius 1 is 1.06 bits per heavy atom.